The molecule has 0 spiro atoms. The van der Waals surface area contributed by atoms with Crippen LogP contribution in [0.4, 0.5) is 10.1 Å². The first kappa shape index (κ1) is 9.06. The van der Waals surface area contributed by atoms with Gasteiger partial charge in [-0.25, -0.2) is 4.39 Å². The third kappa shape index (κ3) is 1.96. The van der Waals surface area contributed by atoms with Gasteiger partial charge < -0.3 is 5.32 Å². The van der Waals surface area contributed by atoms with E-state index >= 15 is 0 Å². The lowest BCUT2D eigenvalue weighted by molar-refractivity contribution is 0.630. The third-order valence-corrected chi connectivity index (χ3v) is 2.33. The number of anilines is 1. The number of hydrogen-bond acceptors (Lipinski definition) is 1. The van der Waals surface area contributed by atoms with Crippen molar-refractivity contribution in [1.29, 1.82) is 0 Å². The highest BCUT2D eigenvalue weighted by atomic mass is 127. The van der Waals surface area contributed by atoms with Gasteiger partial charge in [0.15, 0.2) is 0 Å². The average molecular weight is 285 g/mol. The van der Waals surface area contributed by atoms with Crippen molar-refractivity contribution in [1.82, 2.24) is 0 Å². The molecule has 1 nitrogen and oxygen atoms in total. The first-order chi connectivity index (χ1) is 5.15. The fourth-order valence-electron chi connectivity index (χ4n) is 0.781. The van der Waals surface area contributed by atoms with E-state index in [0.29, 0.717) is 10.7 Å². The largest absolute Gasteiger partial charge is 0.385 e. The lowest BCUT2D eigenvalue weighted by Crippen LogP contribution is -1.95. The molecule has 0 unspecified atom stereocenters. The molecule has 0 bridgehead atoms. The monoisotopic (exact) mass is 285 g/mol. The third-order valence-electron chi connectivity index (χ3n) is 1.26. The van der Waals surface area contributed by atoms with Crippen LogP contribution in [0.25, 0.3) is 0 Å². The Balaban J connectivity index is 3.25. The molecule has 1 aromatic rings. The van der Waals surface area contributed by atoms with Gasteiger partial charge in [0.05, 0.1) is 5.69 Å². The van der Waals surface area contributed by atoms with E-state index in [1.807, 2.05) is 22.6 Å². The zero-order chi connectivity index (χ0) is 8.43. The van der Waals surface area contributed by atoms with Crippen LogP contribution in [-0.2, 0) is 0 Å². The minimum atomic E-state index is -0.315. The van der Waals surface area contributed by atoms with E-state index in [0.717, 1.165) is 3.57 Å². The summed E-state index contributed by atoms with van der Waals surface area (Å²) in [5.41, 5.74) is 0.495. The molecule has 0 fully saturated rings. The zero-order valence-electron chi connectivity index (χ0n) is 5.79. The molecule has 0 aliphatic carbocycles. The van der Waals surface area contributed by atoms with Crippen LogP contribution in [0.15, 0.2) is 12.1 Å². The van der Waals surface area contributed by atoms with Crippen molar-refractivity contribution in [3.63, 3.8) is 0 Å². The maximum absolute atomic E-state index is 13.0. The van der Waals surface area contributed by atoms with Gasteiger partial charge in [-0.1, -0.05) is 11.6 Å². The molecule has 0 amide bonds. The summed E-state index contributed by atoms with van der Waals surface area (Å²) < 4.78 is 13.7. The Morgan fingerprint density at radius 2 is 2.18 bits per heavy atom. The van der Waals surface area contributed by atoms with Crippen molar-refractivity contribution in [2.45, 2.75) is 0 Å². The highest BCUT2D eigenvalue weighted by Gasteiger charge is 2.05. The molecule has 0 heterocycles. The molecular weight excluding hydrogens is 279 g/mol. The standard InChI is InChI=1S/C7H6ClFIN/c1-11-7-5(9)2-4(8)3-6(7)10/h2-3,11H,1H3. The molecule has 0 saturated carbocycles. The van der Waals surface area contributed by atoms with Crippen LogP contribution in [0.1, 0.15) is 0 Å². The van der Waals surface area contributed by atoms with Crippen LogP contribution in [0.2, 0.25) is 5.02 Å². The summed E-state index contributed by atoms with van der Waals surface area (Å²) in [7, 11) is 1.68. The second-order valence-corrected chi connectivity index (χ2v) is 3.59. The van der Waals surface area contributed by atoms with Crippen molar-refractivity contribution >= 4 is 39.9 Å². The molecule has 1 N–H and O–H groups in total. The fourth-order valence-corrected chi connectivity index (χ4v) is 2.03. The van der Waals surface area contributed by atoms with Crippen molar-refractivity contribution in [2.24, 2.45) is 0 Å². The lowest BCUT2D eigenvalue weighted by atomic mass is 10.3. The zero-order valence-corrected chi connectivity index (χ0v) is 8.70. The molecule has 1 rings (SSSR count). The molecule has 0 aliphatic heterocycles. The van der Waals surface area contributed by atoms with Crippen LogP contribution in [0.5, 0.6) is 0 Å². The topological polar surface area (TPSA) is 12.0 Å². The van der Waals surface area contributed by atoms with E-state index in [2.05, 4.69) is 5.32 Å². The second-order valence-electron chi connectivity index (χ2n) is 1.99. The maximum Gasteiger partial charge on any atom is 0.148 e. The Morgan fingerprint density at radius 1 is 1.55 bits per heavy atom. The Bertz CT molecular complexity index is 254. The molecule has 60 valence electrons. The maximum atomic E-state index is 13.0. The smallest absolute Gasteiger partial charge is 0.148 e. The van der Waals surface area contributed by atoms with Crippen LogP contribution in [0.3, 0.4) is 0 Å². The molecule has 0 aromatic heterocycles. The highest BCUT2D eigenvalue weighted by Crippen LogP contribution is 2.25. The van der Waals surface area contributed by atoms with Gasteiger partial charge in [0, 0.05) is 15.6 Å². The van der Waals surface area contributed by atoms with Crippen LogP contribution >= 0.6 is 34.2 Å². The van der Waals surface area contributed by atoms with Gasteiger partial charge in [-0.15, -0.1) is 0 Å². The normalized spacial score (nSPS) is 9.82. The van der Waals surface area contributed by atoms with Gasteiger partial charge in [0.1, 0.15) is 5.82 Å². The number of halogens is 3. The Morgan fingerprint density at radius 3 is 2.64 bits per heavy atom. The molecule has 1 aromatic carbocycles. The first-order valence-corrected chi connectivity index (χ1v) is 4.43. The van der Waals surface area contributed by atoms with E-state index in [1.54, 1.807) is 13.1 Å². The van der Waals surface area contributed by atoms with Crippen molar-refractivity contribution < 1.29 is 4.39 Å². The summed E-state index contributed by atoms with van der Waals surface area (Å²) >= 11 is 7.63. The Hall–Kier alpha value is -0.0300. The summed E-state index contributed by atoms with van der Waals surface area (Å²) in [4.78, 5) is 0. The average Bonchev–Trinajstić information content (AvgIpc) is 1.85. The van der Waals surface area contributed by atoms with E-state index in [1.165, 1.54) is 6.07 Å². The van der Waals surface area contributed by atoms with Crippen molar-refractivity contribution in [2.75, 3.05) is 12.4 Å². The Labute approximate surface area is 83.1 Å². The molecular formula is C7H6ClFIN. The Kier molecular flexibility index (Phi) is 2.95. The fraction of sp³-hybridized carbons (Fsp3) is 0.143. The number of rotatable bonds is 1. The van der Waals surface area contributed by atoms with E-state index in [9.17, 15) is 4.39 Å². The van der Waals surface area contributed by atoms with Crippen LogP contribution in [-0.4, -0.2) is 7.05 Å². The highest BCUT2D eigenvalue weighted by molar-refractivity contribution is 14.1. The number of nitrogens with one attached hydrogen (secondary N) is 1. The van der Waals surface area contributed by atoms with E-state index in [4.69, 9.17) is 11.6 Å². The lowest BCUT2D eigenvalue weighted by Gasteiger charge is -2.04. The second kappa shape index (κ2) is 3.58. The molecule has 0 saturated heterocycles. The predicted octanol–water partition coefficient (Wildman–Crippen LogP) is 3.13. The van der Waals surface area contributed by atoms with Gasteiger partial charge in [-0.3, -0.25) is 0 Å². The van der Waals surface area contributed by atoms with Gasteiger partial charge in [0.2, 0.25) is 0 Å². The molecule has 4 heteroatoms. The summed E-state index contributed by atoms with van der Waals surface area (Å²) in [5, 5.41) is 3.17. The predicted molar refractivity (Wildman–Crippen MR) is 53.7 cm³/mol. The molecule has 0 radical (unpaired) electrons. The van der Waals surface area contributed by atoms with E-state index in [-0.39, 0.29) is 5.82 Å². The summed E-state index contributed by atoms with van der Waals surface area (Å²) in [6, 6.07) is 2.99. The van der Waals surface area contributed by atoms with Crippen LogP contribution < -0.4 is 5.32 Å². The SMILES string of the molecule is CNc1c(F)cc(Cl)cc1I. The van der Waals surface area contributed by atoms with Gasteiger partial charge in [-0.05, 0) is 34.7 Å². The van der Waals surface area contributed by atoms with Gasteiger partial charge in [-0.2, -0.15) is 0 Å². The molecule has 11 heavy (non-hydrogen) atoms. The van der Waals surface area contributed by atoms with E-state index < -0.39 is 0 Å². The minimum absolute atomic E-state index is 0.315. The van der Waals surface area contributed by atoms with Gasteiger partial charge >= 0.3 is 0 Å². The minimum Gasteiger partial charge on any atom is -0.385 e. The quantitative estimate of drug-likeness (QED) is 0.782. The number of benzene rings is 1. The summed E-state index contributed by atoms with van der Waals surface area (Å²) in [5.74, 6) is -0.315. The molecule has 0 atom stereocenters. The molecule has 0 aliphatic rings. The first-order valence-electron chi connectivity index (χ1n) is 2.97. The van der Waals surface area contributed by atoms with Crippen molar-refractivity contribution in [3.8, 4) is 0 Å². The van der Waals surface area contributed by atoms with Crippen molar-refractivity contribution in [3.05, 3.63) is 26.5 Å². The van der Waals surface area contributed by atoms with Gasteiger partial charge in [0.25, 0.3) is 0 Å². The summed E-state index contributed by atoms with van der Waals surface area (Å²) in [6.07, 6.45) is 0. The summed E-state index contributed by atoms with van der Waals surface area (Å²) in [6.45, 7) is 0. The number of hydrogen-bond donors (Lipinski definition) is 1. The van der Waals surface area contributed by atoms with Crippen LogP contribution in [0, 0.1) is 9.39 Å².